The summed E-state index contributed by atoms with van der Waals surface area (Å²) in [7, 11) is 1.68. The third-order valence-electron chi connectivity index (χ3n) is 5.14. The number of alkyl halides is 3. The van der Waals surface area contributed by atoms with Gasteiger partial charge < -0.3 is 24.6 Å². The van der Waals surface area contributed by atoms with Crippen LogP contribution in [0.2, 0.25) is 0 Å². The molecule has 0 spiro atoms. The zero-order valence-corrected chi connectivity index (χ0v) is 19.7. The maximum Gasteiger partial charge on any atom is 0.416 e. The van der Waals surface area contributed by atoms with Crippen LogP contribution in [0, 0.1) is 0 Å². The van der Waals surface area contributed by atoms with E-state index in [1.807, 2.05) is 4.90 Å². The molecule has 7 nitrogen and oxygen atoms in total. The summed E-state index contributed by atoms with van der Waals surface area (Å²) in [6.07, 6.45) is -2.93. The monoisotopic (exact) mass is 556 g/mol. The number of benzene rings is 1. The van der Waals surface area contributed by atoms with Crippen LogP contribution in [0.3, 0.4) is 0 Å². The Morgan fingerprint density at radius 2 is 1.84 bits per heavy atom. The first kappa shape index (κ1) is 25.5. The molecule has 1 aromatic carbocycles. The average Bonchev–Trinajstić information content (AvgIpc) is 3.28. The Bertz CT molecular complexity index is 732. The normalized spacial score (nSPS) is 19.7. The van der Waals surface area contributed by atoms with Crippen LogP contribution in [-0.4, -0.2) is 80.8 Å². The molecular weight excluding hydrogens is 528 g/mol. The lowest BCUT2D eigenvalue weighted by Crippen LogP contribution is -2.55. The van der Waals surface area contributed by atoms with Gasteiger partial charge in [-0.25, -0.2) is 0 Å². The van der Waals surface area contributed by atoms with E-state index in [1.54, 1.807) is 7.05 Å². The number of hydrogen-bond acceptors (Lipinski definition) is 4. The summed E-state index contributed by atoms with van der Waals surface area (Å²) < 4.78 is 48.7. The standard InChI is InChI=1S/C20H27F3N4O3.HI/c1-24-19(25-8-14-29-16-6-4-15(5-7-16)20(21,22)23)27-11-9-26(10-12-27)18(28)17-3-2-13-30-17;/h4-7,17H,2-3,8-14H2,1H3,(H,24,25);1H. The molecule has 1 unspecified atom stereocenters. The highest BCUT2D eigenvalue weighted by Crippen LogP contribution is 2.30. The summed E-state index contributed by atoms with van der Waals surface area (Å²) >= 11 is 0. The van der Waals surface area contributed by atoms with Crippen LogP contribution in [0.5, 0.6) is 5.75 Å². The molecule has 0 aliphatic carbocycles. The Kier molecular flexibility index (Phi) is 9.66. The van der Waals surface area contributed by atoms with Gasteiger partial charge in [-0.05, 0) is 37.1 Å². The van der Waals surface area contributed by atoms with Crippen LogP contribution in [0.1, 0.15) is 18.4 Å². The smallest absolute Gasteiger partial charge is 0.416 e. The van der Waals surface area contributed by atoms with Gasteiger partial charge >= 0.3 is 6.18 Å². The highest BCUT2D eigenvalue weighted by atomic mass is 127. The first-order valence-corrected chi connectivity index (χ1v) is 10.0. The zero-order chi connectivity index (χ0) is 21.6. The molecule has 0 radical (unpaired) electrons. The fraction of sp³-hybridized carbons (Fsp3) is 0.600. The zero-order valence-electron chi connectivity index (χ0n) is 17.4. The SMILES string of the molecule is CN=C(NCCOc1ccc(C(F)(F)F)cc1)N1CCN(C(=O)C2CCCO2)CC1.I. The molecular formula is C20H28F3IN4O3. The van der Waals surface area contributed by atoms with Crippen molar-refractivity contribution in [2.24, 2.45) is 4.99 Å². The number of aliphatic imine (C=N–C) groups is 1. The van der Waals surface area contributed by atoms with Crippen LogP contribution in [0.15, 0.2) is 29.3 Å². The minimum Gasteiger partial charge on any atom is -0.492 e. The van der Waals surface area contributed by atoms with E-state index in [9.17, 15) is 18.0 Å². The molecule has 2 saturated heterocycles. The molecule has 0 saturated carbocycles. The van der Waals surface area contributed by atoms with Gasteiger partial charge in [0, 0.05) is 39.8 Å². The Balaban J connectivity index is 0.00000341. The van der Waals surface area contributed by atoms with E-state index in [0.29, 0.717) is 51.0 Å². The highest BCUT2D eigenvalue weighted by molar-refractivity contribution is 14.0. The van der Waals surface area contributed by atoms with E-state index in [-0.39, 0.29) is 42.6 Å². The van der Waals surface area contributed by atoms with Crippen molar-refractivity contribution in [2.75, 3.05) is 53.0 Å². The molecule has 31 heavy (non-hydrogen) atoms. The number of hydrogen-bond donors (Lipinski definition) is 1. The Labute approximate surface area is 197 Å². The largest absolute Gasteiger partial charge is 0.492 e. The Morgan fingerprint density at radius 1 is 1.19 bits per heavy atom. The van der Waals surface area contributed by atoms with Crippen LogP contribution < -0.4 is 10.1 Å². The first-order valence-electron chi connectivity index (χ1n) is 10.0. The van der Waals surface area contributed by atoms with Gasteiger partial charge in [0.15, 0.2) is 5.96 Å². The van der Waals surface area contributed by atoms with Crippen LogP contribution in [0.4, 0.5) is 13.2 Å². The van der Waals surface area contributed by atoms with Crippen molar-refractivity contribution in [3.8, 4) is 5.75 Å². The molecule has 1 amide bonds. The van der Waals surface area contributed by atoms with E-state index in [0.717, 1.165) is 25.0 Å². The van der Waals surface area contributed by atoms with E-state index in [1.165, 1.54) is 12.1 Å². The van der Waals surface area contributed by atoms with Crippen molar-refractivity contribution in [1.82, 2.24) is 15.1 Å². The fourth-order valence-electron chi connectivity index (χ4n) is 3.52. The fourth-order valence-corrected chi connectivity index (χ4v) is 3.52. The number of guanidine groups is 1. The highest BCUT2D eigenvalue weighted by Gasteiger charge is 2.31. The third kappa shape index (κ3) is 7.13. The quantitative estimate of drug-likeness (QED) is 0.262. The van der Waals surface area contributed by atoms with Crippen molar-refractivity contribution < 1.29 is 27.4 Å². The van der Waals surface area contributed by atoms with Crippen molar-refractivity contribution in [3.63, 3.8) is 0 Å². The van der Waals surface area contributed by atoms with E-state index in [2.05, 4.69) is 15.2 Å². The van der Waals surface area contributed by atoms with Gasteiger partial charge in [0.2, 0.25) is 0 Å². The predicted molar refractivity (Wildman–Crippen MR) is 121 cm³/mol. The van der Waals surface area contributed by atoms with Gasteiger partial charge in [0.1, 0.15) is 18.5 Å². The van der Waals surface area contributed by atoms with Crippen LogP contribution in [0.25, 0.3) is 0 Å². The molecule has 2 fully saturated rings. The minimum atomic E-state index is -4.36. The molecule has 1 atom stereocenters. The van der Waals surface area contributed by atoms with Gasteiger partial charge in [-0.3, -0.25) is 9.79 Å². The average molecular weight is 556 g/mol. The second kappa shape index (κ2) is 11.7. The number of carbonyl (C=O) groups is 1. The summed E-state index contributed by atoms with van der Waals surface area (Å²) in [4.78, 5) is 20.6. The van der Waals surface area contributed by atoms with Crippen molar-refractivity contribution >= 4 is 35.8 Å². The number of nitrogens with one attached hydrogen (secondary N) is 1. The molecule has 3 rings (SSSR count). The van der Waals surface area contributed by atoms with E-state index in [4.69, 9.17) is 9.47 Å². The summed E-state index contributed by atoms with van der Waals surface area (Å²) in [6.45, 7) is 3.94. The molecule has 2 aliphatic rings. The molecule has 2 aliphatic heterocycles. The van der Waals surface area contributed by atoms with Crippen LogP contribution in [-0.2, 0) is 15.7 Å². The van der Waals surface area contributed by atoms with Crippen molar-refractivity contribution in [1.29, 1.82) is 0 Å². The second-order valence-electron chi connectivity index (χ2n) is 7.16. The lowest BCUT2D eigenvalue weighted by molar-refractivity contribution is -0.142. The van der Waals surface area contributed by atoms with Gasteiger partial charge in [-0.15, -0.1) is 24.0 Å². The van der Waals surface area contributed by atoms with E-state index < -0.39 is 11.7 Å². The number of carbonyl (C=O) groups excluding carboxylic acids is 1. The number of amides is 1. The lowest BCUT2D eigenvalue weighted by Gasteiger charge is -2.37. The summed E-state index contributed by atoms with van der Waals surface area (Å²) in [6, 6.07) is 4.61. The van der Waals surface area contributed by atoms with Gasteiger partial charge in [-0.1, -0.05) is 0 Å². The molecule has 0 aromatic heterocycles. The number of piperazine rings is 1. The van der Waals surface area contributed by atoms with Gasteiger partial charge in [-0.2, -0.15) is 13.2 Å². The maximum absolute atomic E-state index is 12.6. The van der Waals surface area contributed by atoms with Crippen molar-refractivity contribution in [3.05, 3.63) is 29.8 Å². The first-order chi connectivity index (χ1) is 14.4. The minimum absolute atomic E-state index is 0. The molecule has 174 valence electrons. The molecule has 1 aromatic rings. The van der Waals surface area contributed by atoms with Crippen LogP contribution >= 0.6 is 24.0 Å². The molecule has 11 heteroatoms. The van der Waals surface area contributed by atoms with Gasteiger partial charge in [0.05, 0.1) is 12.1 Å². The second-order valence-corrected chi connectivity index (χ2v) is 7.16. The molecule has 1 N–H and O–H groups in total. The topological polar surface area (TPSA) is 66.4 Å². The lowest BCUT2D eigenvalue weighted by atomic mass is 10.2. The van der Waals surface area contributed by atoms with Gasteiger partial charge in [0.25, 0.3) is 5.91 Å². The Morgan fingerprint density at radius 3 is 2.39 bits per heavy atom. The maximum atomic E-state index is 12.6. The third-order valence-corrected chi connectivity index (χ3v) is 5.14. The van der Waals surface area contributed by atoms with E-state index >= 15 is 0 Å². The molecule has 2 heterocycles. The summed E-state index contributed by atoms with van der Waals surface area (Å²) in [5.41, 5.74) is -0.703. The predicted octanol–water partition coefficient (Wildman–Crippen LogP) is 2.60. The Hall–Kier alpha value is -1.76. The van der Waals surface area contributed by atoms with Crippen molar-refractivity contribution in [2.45, 2.75) is 25.1 Å². The number of halogens is 4. The molecule has 0 bridgehead atoms. The number of ether oxygens (including phenoxy) is 2. The number of rotatable bonds is 5. The summed E-state index contributed by atoms with van der Waals surface area (Å²) in [5.74, 6) is 1.15. The number of nitrogens with zero attached hydrogens (tertiary/aromatic N) is 3. The summed E-state index contributed by atoms with van der Waals surface area (Å²) in [5, 5.41) is 3.19.